The first kappa shape index (κ1) is 13.4. The molecule has 2 heterocycles. The lowest BCUT2D eigenvalue weighted by Gasteiger charge is -2.30. The number of rotatable bonds is 2. The standard InChI is InChI=1S/C10H16N2O3.ClH/c13-9-6-15-7-10(14)12(9)5-8-1-3-11-4-2-8;/h8,11H,1-7H2;1H. The number of nitrogens with one attached hydrogen (secondary N) is 1. The Bertz CT molecular complexity index is 251. The van der Waals surface area contributed by atoms with Gasteiger partial charge >= 0.3 is 0 Å². The molecular formula is C10H17ClN2O3. The molecule has 0 aliphatic carbocycles. The van der Waals surface area contributed by atoms with Crippen LogP contribution >= 0.6 is 12.4 Å². The number of hydrogen-bond donors (Lipinski definition) is 1. The van der Waals surface area contributed by atoms with Crippen LogP contribution in [0.5, 0.6) is 0 Å². The van der Waals surface area contributed by atoms with Gasteiger partial charge in [0.1, 0.15) is 13.2 Å². The average Bonchev–Trinajstić information content (AvgIpc) is 2.25. The van der Waals surface area contributed by atoms with Crippen LogP contribution < -0.4 is 5.32 Å². The monoisotopic (exact) mass is 248 g/mol. The van der Waals surface area contributed by atoms with Gasteiger partial charge in [0.05, 0.1) is 0 Å². The summed E-state index contributed by atoms with van der Waals surface area (Å²) >= 11 is 0. The highest BCUT2D eigenvalue weighted by molar-refractivity contribution is 5.98. The maximum atomic E-state index is 11.4. The topological polar surface area (TPSA) is 58.6 Å². The molecule has 2 aliphatic rings. The summed E-state index contributed by atoms with van der Waals surface area (Å²) < 4.78 is 4.86. The second-order valence-electron chi connectivity index (χ2n) is 4.08. The highest BCUT2D eigenvalue weighted by Gasteiger charge is 2.29. The van der Waals surface area contributed by atoms with Crippen molar-refractivity contribution in [2.45, 2.75) is 12.8 Å². The number of nitrogens with zero attached hydrogens (tertiary/aromatic N) is 1. The van der Waals surface area contributed by atoms with Gasteiger partial charge in [0.15, 0.2) is 0 Å². The van der Waals surface area contributed by atoms with Gasteiger partial charge in [-0.3, -0.25) is 14.5 Å². The van der Waals surface area contributed by atoms with Crippen molar-refractivity contribution in [1.29, 1.82) is 0 Å². The van der Waals surface area contributed by atoms with Crippen LogP contribution in [0, 0.1) is 5.92 Å². The summed E-state index contributed by atoms with van der Waals surface area (Å²) in [6.45, 7) is 2.64. The summed E-state index contributed by atoms with van der Waals surface area (Å²) in [5, 5.41) is 3.26. The van der Waals surface area contributed by atoms with Gasteiger partial charge in [0, 0.05) is 6.54 Å². The molecule has 0 aromatic heterocycles. The van der Waals surface area contributed by atoms with E-state index in [9.17, 15) is 9.59 Å². The minimum absolute atomic E-state index is 0. The molecule has 0 saturated carbocycles. The van der Waals surface area contributed by atoms with E-state index in [1.165, 1.54) is 4.90 Å². The van der Waals surface area contributed by atoms with E-state index in [0.717, 1.165) is 25.9 Å². The van der Waals surface area contributed by atoms with Crippen molar-refractivity contribution >= 4 is 24.2 Å². The predicted molar refractivity (Wildman–Crippen MR) is 60.4 cm³/mol. The van der Waals surface area contributed by atoms with Crippen molar-refractivity contribution in [2.75, 3.05) is 32.8 Å². The number of halogens is 1. The van der Waals surface area contributed by atoms with Gasteiger partial charge in [-0.05, 0) is 31.8 Å². The highest BCUT2D eigenvalue weighted by Crippen LogP contribution is 2.15. The number of amides is 2. The number of carbonyl (C=O) groups is 2. The largest absolute Gasteiger partial charge is 0.362 e. The lowest BCUT2D eigenvalue weighted by atomic mass is 9.97. The third kappa shape index (κ3) is 3.17. The van der Waals surface area contributed by atoms with Crippen molar-refractivity contribution in [2.24, 2.45) is 5.92 Å². The second-order valence-corrected chi connectivity index (χ2v) is 4.08. The van der Waals surface area contributed by atoms with Crippen molar-refractivity contribution < 1.29 is 14.3 Å². The second kappa shape index (κ2) is 6.18. The molecule has 2 fully saturated rings. The summed E-state index contributed by atoms with van der Waals surface area (Å²) in [5.41, 5.74) is 0. The molecule has 6 heteroatoms. The van der Waals surface area contributed by atoms with Gasteiger partial charge in [-0.25, -0.2) is 0 Å². The van der Waals surface area contributed by atoms with Crippen molar-refractivity contribution in [3.63, 3.8) is 0 Å². The lowest BCUT2D eigenvalue weighted by molar-refractivity contribution is -0.159. The zero-order chi connectivity index (χ0) is 10.7. The summed E-state index contributed by atoms with van der Waals surface area (Å²) in [4.78, 5) is 24.2. The van der Waals surface area contributed by atoms with Gasteiger partial charge in [0.2, 0.25) is 0 Å². The molecule has 1 N–H and O–H groups in total. The quantitative estimate of drug-likeness (QED) is 0.688. The highest BCUT2D eigenvalue weighted by atomic mass is 35.5. The molecule has 0 aromatic rings. The SMILES string of the molecule is Cl.O=C1COCC(=O)N1CC1CCNCC1. The van der Waals surface area contributed by atoms with Crippen molar-refractivity contribution in [3.8, 4) is 0 Å². The molecule has 5 nitrogen and oxygen atoms in total. The zero-order valence-electron chi connectivity index (χ0n) is 9.11. The normalized spacial score (nSPS) is 23.1. The molecule has 2 amide bonds. The fraction of sp³-hybridized carbons (Fsp3) is 0.800. The van der Waals surface area contributed by atoms with E-state index in [-0.39, 0.29) is 37.4 Å². The van der Waals surface area contributed by atoms with Gasteiger partial charge in [-0.1, -0.05) is 0 Å². The Balaban J connectivity index is 0.00000128. The predicted octanol–water partition coefficient (Wildman–Crippen LogP) is -0.207. The molecule has 0 bridgehead atoms. The molecule has 0 radical (unpaired) electrons. The van der Waals surface area contributed by atoms with Crippen LogP contribution in [0.15, 0.2) is 0 Å². The van der Waals surface area contributed by atoms with Crippen LogP contribution in [0.3, 0.4) is 0 Å². The van der Waals surface area contributed by atoms with Gasteiger partial charge in [-0.15, -0.1) is 12.4 Å². The Kier molecular flexibility index (Phi) is 5.18. The Morgan fingerprint density at radius 3 is 2.31 bits per heavy atom. The van der Waals surface area contributed by atoms with Crippen LogP contribution in [-0.2, 0) is 14.3 Å². The number of piperidine rings is 1. The van der Waals surface area contributed by atoms with Crippen molar-refractivity contribution in [1.82, 2.24) is 10.2 Å². The summed E-state index contributed by atoms with van der Waals surface area (Å²) in [5.74, 6) is 0.0758. The van der Waals surface area contributed by atoms with Crippen LogP contribution in [0.25, 0.3) is 0 Å². The minimum atomic E-state index is -0.190. The molecule has 2 rings (SSSR count). The number of morpholine rings is 1. The summed E-state index contributed by atoms with van der Waals surface area (Å²) in [7, 11) is 0. The molecule has 2 aliphatic heterocycles. The Morgan fingerprint density at radius 1 is 1.19 bits per heavy atom. The first-order valence-corrected chi connectivity index (χ1v) is 5.39. The van der Waals surface area contributed by atoms with E-state index in [1.807, 2.05) is 0 Å². The van der Waals surface area contributed by atoms with E-state index in [0.29, 0.717) is 12.5 Å². The third-order valence-corrected chi connectivity index (χ3v) is 2.95. The summed E-state index contributed by atoms with van der Waals surface area (Å²) in [6.07, 6.45) is 2.08. The fourth-order valence-corrected chi connectivity index (χ4v) is 2.05. The van der Waals surface area contributed by atoms with Crippen LogP contribution in [0.2, 0.25) is 0 Å². The van der Waals surface area contributed by atoms with E-state index >= 15 is 0 Å². The molecule has 0 aromatic carbocycles. The Hall–Kier alpha value is -0.650. The Morgan fingerprint density at radius 2 is 1.75 bits per heavy atom. The van der Waals surface area contributed by atoms with Crippen molar-refractivity contribution in [3.05, 3.63) is 0 Å². The van der Waals surface area contributed by atoms with Crippen LogP contribution in [-0.4, -0.2) is 49.6 Å². The maximum absolute atomic E-state index is 11.4. The van der Waals surface area contributed by atoms with E-state index < -0.39 is 0 Å². The lowest BCUT2D eigenvalue weighted by Crippen LogP contribution is -2.49. The Labute approximate surface area is 101 Å². The summed E-state index contributed by atoms with van der Waals surface area (Å²) in [6, 6.07) is 0. The van der Waals surface area contributed by atoms with E-state index in [1.54, 1.807) is 0 Å². The molecule has 2 saturated heterocycles. The number of ether oxygens (including phenoxy) is 1. The fourth-order valence-electron chi connectivity index (χ4n) is 2.05. The molecular weight excluding hydrogens is 232 g/mol. The molecule has 16 heavy (non-hydrogen) atoms. The first-order valence-electron chi connectivity index (χ1n) is 5.39. The number of imide groups is 1. The average molecular weight is 249 g/mol. The smallest absolute Gasteiger partial charge is 0.255 e. The van der Waals surface area contributed by atoms with E-state index in [2.05, 4.69) is 5.32 Å². The molecule has 92 valence electrons. The minimum Gasteiger partial charge on any atom is -0.362 e. The first-order chi connectivity index (χ1) is 7.27. The van der Waals surface area contributed by atoms with Gasteiger partial charge in [0.25, 0.3) is 11.8 Å². The number of hydrogen-bond acceptors (Lipinski definition) is 4. The third-order valence-electron chi connectivity index (χ3n) is 2.95. The molecule has 0 atom stereocenters. The maximum Gasteiger partial charge on any atom is 0.255 e. The van der Waals surface area contributed by atoms with E-state index in [4.69, 9.17) is 4.74 Å². The number of carbonyl (C=O) groups excluding carboxylic acids is 2. The van der Waals surface area contributed by atoms with Gasteiger partial charge < -0.3 is 10.1 Å². The zero-order valence-corrected chi connectivity index (χ0v) is 9.92. The van der Waals surface area contributed by atoms with Gasteiger partial charge in [-0.2, -0.15) is 0 Å². The van der Waals surface area contributed by atoms with Crippen LogP contribution in [0.1, 0.15) is 12.8 Å². The molecule has 0 spiro atoms. The molecule has 0 unspecified atom stereocenters. The van der Waals surface area contributed by atoms with Crippen LogP contribution in [0.4, 0.5) is 0 Å².